The predicted octanol–water partition coefficient (Wildman–Crippen LogP) is 2.86. The average molecular weight is 384 g/mol. The van der Waals surface area contributed by atoms with Gasteiger partial charge in [-0.2, -0.15) is 0 Å². The van der Waals surface area contributed by atoms with Crippen LogP contribution in [0.25, 0.3) is 0 Å². The number of nitrogens with zero attached hydrogens (tertiary/aromatic N) is 2. The molecule has 6 heteroatoms. The average Bonchev–Trinajstić information content (AvgIpc) is 3.42. The van der Waals surface area contributed by atoms with Crippen molar-refractivity contribution in [1.82, 2.24) is 15.2 Å². The Morgan fingerprint density at radius 3 is 3.15 bits per heavy atom. The minimum absolute atomic E-state index is 0.00335. The number of hydrogen-bond donors (Lipinski definition) is 1. The third kappa shape index (κ3) is 3.00. The van der Waals surface area contributed by atoms with Crippen LogP contribution in [-0.2, 0) is 11.3 Å². The van der Waals surface area contributed by atoms with Gasteiger partial charge in [-0.3, -0.25) is 9.69 Å². The minimum atomic E-state index is -0.0668. The van der Waals surface area contributed by atoms with E-state index in [-0.39, 0.29) is 11.5 Å². The van der Waals surface area contributed by atoms with Crippen LogP contribution in [0.5, 0.6) is 0 Å². The highest BCUT2D eigenvalue weighted by atomic mass is 32.1. The number of rotatable bonds is 5. The fourth-order valence-corrected chi connectivity index (χ4v) is 5.87. The van der Waals surface area contributed by atoms with Crippen LogP contribution in [0.3, 0.4) is 0 Å². The van der Waals surface area contributed by atoms with Crippen LogP contribution in [0, 0.1) is 18.8 Å². The summed E-state index contributed by atoms with van der Waals surface area (Å²) < 4.78 is 6.51. The van der Waals surface area contributed by atoms with Crippen molar-refractivity contribution in [3.05, 3.63) is 52.0 Å². The Morgan fingerprint density at radius 1 is 1.44 bits per heavy atom. The second-order valence-corrected chi connectivity index (χ2v) is 8.93. The molecule has 3 saturated heterocycles. The number of aromatic nitrogens is 1. The monoisotopic (exact) mass is 383 g/mol. The molecule has 1 amide bonds. The number of nitrogens with one attached hydrogen (secondary N) is 1. The summed E-state index contributed by atoms with van der Waals surface area (Å²) in [5.41, 5.74) is 4.97. The first-order valence-electron chi connectivity index (χ1n) is 9.76. The lowest BCUT2D eigenvalue weighted by atomic mass is 9.73. The summed E-state index contributed by atoms with van der Waals surface area (Å²) in [6.45, 7) is 5.92. The quantitative estimate of drug-likeness (QED) is 0.863. The van der Waals surface area contributed by atoms with Gasteiger partial charge in [0.1, 0.15) is 5.69 Å². The second-order valence-electron chi connectivity index (χ2n) is 8.21. The minimum Gasteiger partial charge on any atom is -0.370 e. The summed E-state index contributed by atoms with van der Waals surface area (Å²) in [6, 6.07) is 8.63. The third-order valence-corrected chi connectivity index (χ3v) is 7.26. The van der Waals surface area contributed by atoms with Gasteiger partial charge >= 0.3 is 0 Å². The molecule has 4 heterocycles. The van der Waals surface area contributed by atoms with Gasteiger partial charge < -0.3 is 10.1 Å². The summed E-state index contributed by atoms with van der Waals surface area (Å²) >= 11 is 1.45. The fraction of sp³-hybridized carbons (Fsp3) is 0.524. The molecule has 3 aliphatic rings. The van der Waals surface area contributed by atoms with Crippen molar-refractivity contribution in [1.29, 1.82) is 0 Å². The van der Waals surface area contributed by atoms with Crippen molar-refractivity contribution < 1.29 is 9.53 Å². The molecule has 3 fully saturated rings. The highest BCUT2D eigenvalue weighted by molar-refractivity contribution is 7.07. The van der Waals surface area contributed by atoms with Gasteiger partial charge in [-0.1, -0.05) is 24.3 Å². The molecule has 1 aromatic heterocycles. The van der Waals surface area contributed by atoms with Crippen molar-refractivity contribution in [3.63, 3.8) is 0 Å². The molecule has 0 saturated carbocycles. The number of aryl methyl sites for hydroxylation is 1. The van der Waals surface area contributed by atoms with Crippen molar-refractivity contribution in [2.75, 3.05) is 19.6 Å². The fourth-order valence-electron chi connectivity index (χ4n) is 5.33. The number of carbonyl (C=O) groups is 1. The molecule has 2 aromatic rings. The largest absolute Gasteiger partial charge is 0.370 e. The molecule has 0 aliphatic carbocycles. The zero-order valence-electron chi connectivity index (χ0n) is 15.6. The second kappa shape index (κ2) is 6.69. The zero-order chi connectivity index (χ0) is 18.4. The molecule has 5 nitrogen and oxygen atoms in total. The number of ether oxygens (including phenoxy) is 1. The molecule has 1 spiro atoms. The van der Waals surface area contributed by atoms with Crippen LogP contribution in [0.1, 0.15) is 34.5 Å². The Kier molecular flexibility index (Phi) is 4.30. The lowest BCUT2D eigenvalue weighted by molar-refractivity contribution is 0.00210. The molecule has 27 heavy (non-hydrogen) atoms. The maximum atomic E-state index is 12.3. The van der Waals surface area contributed by atoms with Gasteiger partial charge in [-0.25, -0.2) is 4.98 Å². The van der Waals surface area contributed by atoms with E-state index in [0.717, 1.165) is 32.5 Å². The SMILES string of the molecule is Cc1ccccc1CN1C[C@@H]2[C@H](CNC(=O)c3cscn3)[C@H]3CC[C@]2(C1)O3. The van der Waals surface area contributed by atoms with Gasteiger partial charge in [-0.05, 0) is 30.9 Å². The molecule has 1 N–H and O–H groups in total. The molecular formula is C21H25N3O2S. The lowest BCUT2D eigenvalue weighted by Crippen LogP contribution is -2.42. The van der Waals surface area contributed by atoms with Gasteiger partial charge in [0.15, 0.2) is 0 Å². The number of thiazole rings is 1. The van der Waals surface area contributed by atoms with Gasteiger partial charge in [-0.15, -0.1) is 11.3 Å². The van der Waals surface area contributed by atoms with Crippen molar-refractivity contribution in [3.8, 4) is 0 Å². The molecule has 0 unspecified atom stereocenters. The van der Waals surface area contributed by atoms with E-state index in [2.05, 4.69) is 46.4 Å². The summed E-state index contributed by atoms with van der Waals surface area (Å²) in [5.74, 6) is 0.849. The smallest absolute Gasteiger partial charge is 0.270 e. The number of likely N-dealkylation sites (tertiary alicyclic amines) is 1. The zero-order valence-corrected chi connectivity index (χ0v) is 16.4. The van der Waals surface area contributed by atoms with E-state index in [0.29, 0.717) is 30.2 Å². The Morgan fingerprint density at radius 2 is 2.33 bits per heavy atom. The topological polar surface area (TPSA) is 54.5 Å². The predicted molar refractivity (Wildman–Crippen MR) is 105 cm³/mol. The molecule has 5 rings (SSSR count). The normalized spacial score (nSPS) is 32.0. The van der Waals surface area contributed by atoms with E-state index in [1.165, 1.54) is 22.5 Å². The highest BCUT2D eigenvalue weighted by Gasteiger charge is 2.62. The number of fused-ring (bicyclic) bond motifs is 1. The third-order valence-electron chi connectivity index (χ3n) is 6.67. The molecule has 1 aromatic carbocycles. The first-order chi connectivity index (χ1) is 13.1. The van der Waals surface area contributed by atoms with E-state index in [9.17, 15) is 4.79 Å². The van der Waals surface area contributed by atoms with Crippen LogP contribution in [0.15, 0.2) is 35.2 Å². The van der Waals surface area contributed by atoms with Crippen molar-refractivity contribution >= 4 is 17.2 Å². The van der Waals surface area contributed by atoms with Crippen molar-refractivity contribution in [2.45, 2.75) is 38.0 Å². The highest BCUT2D eigenvalue weighted by Crippen LogP contribution is 2.54. The molecular weight excluding hydrogens is 358 g/mol. The lowest BCUT2D eigenvalue weighted by Gasteiger charge is -2.29. The Bertz CT molecular complexity index is 840. The van der Waals surface area contributed by atoms with Crippen LogP contribution >= 0.6 is 11.3 Å². The molecule has 142 valence electrons. The number of carbonyl (C=O) groups excluding carboxylic acids is 1. The van der Waals surface area contributed by atoms with Gasteiger partial charge in [0.25, 0.3) is 5.91 Å². The standard InChI is InChI=1S/C21H25N3O2S/c1-14-4-2-3-5-15(14)9-24-10-17-16(19-6-7-21(17,12-24)26-19)8-22-20(25)18-11-27-13-23-18/h2-5,11,13,16-17,19H,6-10,12H2,1H3,(H,22,25)/t16-,17+,19+,21+/m0/s1. The number of hydrogen-bond acceptors (Lipinski definition) is 5. The molecule has 4 atom stereocenters. The van der Waals surface area contributed by atoms with E-state index >= 15 is 0 Å². The summed E-state index contributed by atoms with van der Waals surface area (Å²) in [7, 11) is 0. The van der Waals surface area contributed by atoms with E-state index in [4.69, 9.17) is 4.74 Å². The van der Waals surface area contributed by atoms with Crippen LogP contribution in [-0.4, -0.2) is 47.1 Å². The first kappa shape index (κ1) is 17.3. The summed E-state index contributed by atoms with van der Waals surface area (Å²) in [4.78, 5) is 18.9. The Balaban J connectivity index is 1.26. The van der Waals surface area contributed by atoms with E-state index in [1.54, 1.807) is 10.9 Å². The molecule has 0 radical (unpaired) electrons. The van der Waals surface area contributed by atoms with Crippen LogP contribution < -0.4 is 5.32 Å². The maximum absolute atomic E-state index is 12.3. The Labute approximate surface area is 163 Å². The first-order valence-corrected chi connectivity index (χ1v) is 10.7. The van der Waals surface area contributed by atoms with Crippen molar-refractivity contribution in [2.24, 2.45) is 11.8 Å². The number of amides is 1. The Hall–Kier alpha value is -1.76. The van der Waals surface area contributed by atoms with Gasteiger partial charge in [0.2, 0.25) is 0 Å². The van der Waals surface area contributed by atoms with Crippen LogP contribution in [0.2, 0.25) is 0 Å². The summed E-state index contributed by atoms with van der Waals surface area (Å²) in [6.07, 6.45) is 2.57. The number of benzene rings is 1. The van der Waals surface area contributed by atoms with E-state index in [1.807, 2.05) is 0 Å². The van der Waals surface area contributed by atoms with Gasteiger partial charge in [0.05, 0.1) is 17.2 Å². The van der Waals surface area contributed by atoms with Crippen LogP contribution in [0.4, 0.5) is 0 Å². The summed E-state index contributed by atoms with van der Waals surface area (Å²) in [5, 5.41) is 4.90. The molecule has 3 aliphatic heterocycles. The van der Waals surface area contributed by atoms with E-state index < -0.39 is 0 Å². The molecule has 2 bridgehead atoms. The maximum Gasteiger partial charge on any atom is 0.270 e. The van der Waals surface area contributed by atoms with Gasteiger partial charge in [0, 0.05) is 43.4 Å².